The van der Waals surface area contributed by atoms with Gasteiger partial charge in [0.2, 0.25) is 0 Å². The third-order valence-corrected chi connectivity index (χ3v) is 6.30. The van der Waals surface area contributed by atoms with Crippen LogP contribution < -0.4 is 10.6 Å². The molecule has 0 aliphatic carbocycles. The first-order chi connectivity index (χ1) is 14.2. The molecule has 5 nitrogen and oxygen atoms in total. The van der Waals surface area contributed by atoms with Crippen LogP contribution in [0.3, 0.4) is 0 Å². The minimum atomic E-state index is -0.768. The van der Waals surface area contributed by atoms with Crippen molar-refractivity contribution < 1.29 is 9.90 Å². The van der Waals surface area contributed by atoms with Crippen molar-refractivity contribution in [1.29, 1.82) is 0 Å². The Morgan fingerprint density at radius 2 is 1.79 bits per heavy atom. The number of rotatable bonds is 5. The molecule has 0 unspecified atom stereocenters. The normalized spacial score (nSPS) is 25.5. The number of hydrogen-bond acceptors (Lipinski definition) is 4. The largest absolute Gasteiger partial charge is 0.389 e. The molecule has 2 fully saturated rings. The van der Waals surface area contributed by atoms with Gasteiger partial charge >= 0.3 is 0 Å². The van der Waals surface area contributed by atoms with Crippen molar-refractivity contribution in [3.63, 3.8) is 0 Å². The highest BCUT2D eigenvalue weighted by Gasteiger charge is 2.42. The predicted molar refractivity (Wildman–Crippen MR) is 115 cm³/mol. The van der Waals surface area contributed by atoms with Crippen molar-refractivity contribution in [3.8, 4) is 0 Å². The van der Waals surface area contributed by atoms with E-state index in [4.69, 9.17) is 0 Å². The Balaban J connectivity index is 1.49. The lowest BCUT2D eigenvalue weighted by Crippen LogP contribution is -2.61. The van der Waals surface area contributed by atoms with Crippen molar-refractivity contribution in [2.75, 3.05) is 26.2 Å². The van der Waals surface area contributed by atoms with E-state index in [0.717, 1.165) is 31.7 Å². The number of piperidine rings is 2. The lowest BCUT2D eigenvalue weighted by atomic mass is 9.79. The third kappa shape index (κ3) is 4.53. The number of hydrogen-bond donors (Lipinski definition) is 3. The molecule has 2 saturated heterocycles. The van der Waals surface area contributed by atoms with Crippen LogP contribution in [0.2, 0.25) is 0 Å². The zero-order chi connectivity index (χ0) is 20.1. The first-order valence-electron chi connectivity index (χ1n) is 10.8. The van der Waals surface area contributed by atoms with Gasteiger partial charge in [0.05, 0.1) is 11.6 Å². The van der Waals surface area contributed by atoms with E-state index < -0.39 is 11.6 Å². The Bertz CT molecular complexity index is 803. The van der Waals surface area contributed by atoms with Crippen molar-refractivity contribution in [2.45, 2.75) is 43.9 Å². The SMILES string of the molecule is O=C(N[C@@]1(c2ccccc2)CCNC[C@H]1O)c1ccc(CN2CCCCC2)cc1. The molecule has 0 spiro atoms. The molecular formula is C24H31N3O2. The van der Waals surface area contributed by atoms with Crippen LogP contribution in [0.25, 0.3) is 0 Å². The lowest BCUT2D eigenvalue weighted by Gasteiger charge is -2.43. The summed E-state index contributed by atoms with van der Waals surface area (Å²) in [5, 5.41) is 17.2. The quantitative estimate of drug-likeness (QED) is 0.731. The first-order valence-corrected chi connectivity index (χ1v) is 10.8. The molecule has 2 atom stereocenters. The monoisotopic (exact) mass is 393 g/mol. The van der Waals surface area contributed by atoms with Gasteiger partial charge in [-0.1, -0.05) is 48.9 Å². The average molecular weight is 394 g/mol. The standard InChI is InChI=1S/C24H31N3O2/c28-22-17-25-14-13-24(22,21-7-3-1-4-8-21)26-23(29)20-11-9-19(10-12-20)18-27-15-5-2-6-16-27/h1,3-4,7-12,22,25,28H,2,5-6,13-18H2,(H,26,29)/t22-,24-/m1/s1. The van der Waals surface area contributed by atoms with Crippen LogP contribution in [0, 0.1) is 0 Å². The van der Waals surface area contributed by atoms with E-state index >= 15 is 0 Å². The van der Waals surface area contributed by atoms with Crippen molar-refractivity contribution in [1.82, 2.24) is 15.5 Å². The fourth-order valence-corrected chi connectivity index (χ4v) is 4.57. The summed E-state index contributed by atoms with van der Waals surface area (Å²) < 4.78 is 0. The number of β-amino-alcohol motifs (C(OH)–C–C–N with tert-alkyl or cyclic N) is 1. The number of nitrogens with zero attached hydrogens (tertiary/aromatic N) is 1. The number of carbonyl (C=O) groups excluding carboxylic acids is 1. The second kappa shape index (κ2) is 9.08. The van der Waals surface area contributed by atoms with E-state index in [1.807, 2.05) is 42.5 Å². The number of benzene rings is 2. The number of nitrogens with one attached hydrogen (secondary N) is 2. The van der Waals surface area contributed by atoms with Crippen LogP contribution in [-0.2, 0) is 12.1 Å². The van der Waals surface area contributed by atoms with Gasteiger partial charge in [-0.15, -0.1) is 0 Å². The molecule has 0 aromatic heterocycles. The van der Waals surface area contributed by atoms with Gasteiger partial charge in [-0.2, -0.15) is 0 Å². The minimum absolute atomic E-state index is 0.140. The molecule has 0 bridgehead atoms. The second-order valence-corrected chi connectivity index (χ2v) is 8.30. The fourth-order valence-electron chi connectivity index (χ4n) is 4.57. The van der Waals surface area contributed by atoms with Crippen LogP contribution >= 0.6 is 0 Å². The van der Waals surface area contributed by atoms with Gasteiger partial charge < -0.3 is 15.7 Å². The Labute approximate surface area is 173 Å². The van der Waals surface area contributed by atoms with E-state index in [1.165, 1.54) is 24.8 Å². The molecule has 0 saturated carbocycles. The van der Waals surface area contributed by atoms with Gasteiger partial charge in [0.15, 0.2) is 0 Å². The van der Waals surface area contributed by atoms with Gasteiger partial charge in [0, 0.05) is 18.7 Å². The average Bonchev–Trinajstić information content (AvgIpc) is 2.77. The van der Waals surface area contributed by atoms with Crippen LogP contribution in [0.4, 0.5) is 0 Å². The first kappa shape index (κ1) is 20.1. The molecule has 2 aliphatic heterocycles. The Hall–Kier alpha value is -2.21. The number of aliphatic hydroxyl groups is 1. The maximum absolute atomic E-state index is 13.1. The van der Waals surface area contributed by atoms with Crippen molar-refractivity contribution in [3.05, 3.63) is 71.3 Å². The molecular weight excluding hydrogens is 362 g/mol. The third-order valence-electron chi connectivity index (χ3n) is 6.30. The van der Waals surface area contributed by atoms with Crippen LogP contribution in [0.15, 0.2) is 54.6 Å². The Morgan fingerprint density at radius 3 is 2.48 bits per heavy atom. The molecule has 154 valence electrons. The summed E-state index contributed by atoms with van der Waals surface area (Å²) >= 11 is 0. The summed E-state index contributed by atoms with van der Waals surface area (Å²) in [6.45, 7) is 4.48. The number of amides is 1. The number of carbonyl (C=O) groups is 1. The van der Waals surface area contributed by atoms with Crippen LogP contribution in [-0.4, -0.2) is 48.2 Å². The molecule has 2 aromatic carbocycles. The summed E-state index contributed by atoms with van der Waals surface area (Å²) in [6.07, 6.45) is 3.86. The highest BCUT2D eigenvalue weighted by Crippen LogP contribution is 2.31. The smallest absolute Gasteiger partial charge is 0.252 e. The van der Waals surface area contributed by atoms with Crippen LogP contribution in [0.5, 0.6) is 0 Å². The highest BCUT2D eigenvalue weighted by molar-refractivity contribution is 5.94. The summed E-state index contributed by atoms with van der Waals surface area (Å²) in [6, 6.07) is 17.7. The Morgan fingerprint density at radius 1 is 1.07 bits per heavy atom. The van der Waals surface area contributed by atoms with Gasteiger partial charge in [-0.05, 0) is 62.2 Å². The molecule has 1 amide bonds. The molecule has 3 N–H and O–H groups in total. The lowest BCUT2D eigenvalue weighted by molar-refractivity contribution is 0.0289. The molecule has 2 aliphatic rings. The molecule has 4 rings (SSSR count). The van der Waals surface area contributed by atoms with E-state index in [2.05, 4.69) is 27.7 Å². The minimum Gasteiger partial charge on any atom is -0.389 e. The zero-order valence-electron chi connectivity index (χ0n) is 16.9. The molecule has 5 heteroatoms. The fraction of sp³-hybridized carbons (Fsp3) is 0.458. The van der Waals surface area contributed by atoms with E-state index in [-0.39, 0.29) is 5.91 Å². The molecule has 2 heterocycles. The number of aliphatic hydroxyl groups excluding tert-OH is 1. The molecule has 2 aromatic rings. The number of likely N-dealkylation sites (tertiary alicyclic amines) is 1. The van der Waals surface area contributed by atoms with E-state index in [0.29, 0.717) is 18.5 Å². The Kier molecular flexibility index (Phi) is 6.28. The van der Waals surface area contributed by atoms with Crippen molar-refractivity contribution >= 4 is 5.91 Å². The zero-order valence-corrected chi connectivity index (χ0v) is 16.9. The summed E-state index contributed by atoms with van der Waals surface area (Å²) in [7, 11) is 0. The summed E-state index contributed by atoms with van der Waals surface area (Å²) in [5.74, 6) is -0.140. The highest BCUT2D eigenvalue weighted by atomic mass is 16.3. The van der Waals surface area contributed by atoms with Crippen molar-refractivity contribution in [2.24, 2.45) is 0 Å². The maximum Gasteiger partial charge on any atom is 0.252 e. The topological polar surface area (TPSA) is 64.6 Å². The molecule has 29 heavy (non-hydrogen) atoms. The van der Waals surface area contributed by atoms with E-state index in [1.54, 1.807) is 0 Å². The summed E-state index contributed by atoms with van der Waals surface area (Å²) in [4.78, 5) is 15.6. The van der Waals surface area contributed by atoms with Gasteiger partial charge in [-0.25, -0.2) is 0 Å². The second-order valence-electron chi connectivity index (χ2n) is 8.30. The van der Waals surface area contributed by atoms with Gasteiger partial charge in [-0.3, -0.25) is 9.69 Å². The summed E-state index contributed by atoms with van der Waals surface area (Å²) in [5.41, 5.74) is 2.05. The van der Waals surface area contributed by atoms with E-state index in [9.17, 15) is 9.90 Å². The predicted octanol–water partition coefficient (Wildman–Crippen LogP) is 2.65. The van der Waals surface area contributed by atoms with Gasteiger partial charge in [0.1, 0.15) is 0 Å². The van der Waals surface area contributed by atoms with Gasteiger partial charge in [0.25, 0.3) is 5.91 Å². The maximum atomic E-state index is 13.1. The molecule has 0 radical (unpaired) electrons. The van der Waals surface area contributed by atoms with Crippen LogP contribution in [0.1, 0.15) is 47.2 Å².